The number of benzene rings is 1. The van der Waals surface area contributed by atoms with Gasteiger partial charge in [0.1, 0.15) is 23.5 Å². The van der Waals surface area contributed by atoms with Crippen LogP contribution >= 0.6 is 11.6 Å². The van der Waals surface area contributed by atoms with Crippen LogP contribution in [0.5, 0.6) is 0 Å². The summed E-state index contributed by atoms with van der Waals surface area (Å²) < 4.78 is 40.7. The first kappa shape index (κ1) is 22.4. The maximum atomic E-state index is 13.6. The van der Waals surface area contributed by atoms with Crippen molar-refractivity contribution >= 4 is 29.0 Å². The van der Waals surface area contributed by atoms with Gasteiger partial charge in [-0.1, -0.05) is 17.7 Å². The van der Waals surface area contributed by atoms with Crippen LogP contribution in [-0.4, -0.2) is 41.2 Å². The van der Waals surface area contributed by atoms with Crippen LogP contribution < -0.4 is 9.80 Å². The quantitative estimate of drug-likeness (QED) is 0.730. The normalized spacial score (nSPS) is 20.8. The van der Waals surface area contributed by atoms with Crippen molar-refractivity contribution in [3.63, 3.8) is 0 Å². The molecule has 2 atom stereocenters. The molecule has 2 aromatic rings. The Hall–Kier alpha value is -2.83. The minimum atomic E-state index is -4.76. The lowest BCUT2D eigenvalue weighted by atomic mass is 9.99. The van der Waals surface area contributed by atoms with Gasteiger partial charge in [0.15, 0.2) is 0 Å². The molecule has 0 spiro atoms. The van der Waals surface area contributed by atoms with Gasteiger partial charge in [0, 0.05) is 29.5 Å². The summed E-state index contributed by atoms with van der Waals surface area (Å²) in [5.41, 5.74) is -0.253. The molecule has 0 aliphatic carbocycles. The fourth-order valence-corrected chi connectivity index (χ4v) is 4.74. The Bertz CT molecular complexity index is 1120. The third kappa shape index (κ3) is 3.78. The summed E-state index contributed by atoms with van der Waals surface area (Å²) in [6.45, 7) is 1.88. The number of carbonyl (C=O) groups excluding carboxylic acids is 1. The highest BCUT2D eigenvalue weighted by Gasteiger charge is 2.45. The lowest BCUT2D eigenvalue weighted by molar-refractivity contribution is -0.137. The summed E-state index contributed by atoms with van der Waals surface area (Å²) in [6.07, 6.45) is -4.35. The lowest BCUT2D eigenvalue weighted by Gasteiger charge is -2.36. The second kappa shape index (κ2) is 8.26. The van der Waals surface area contributed by atoms with Crippen molar-refractivity contribution in [1.82, 2.24) is 4.98 Å². The van der Waals surface area contributed by atoms with Crippen LogP contribution in [0.3, 0.4) is 0 Å². The summed E-state index contributed by atoms with van der Waals surface area (Å²) in [5, 5.41) is 20.7. The molecular formula is C22H20ClF3N4O2. The number of aromatic nitrogens is 1. The Kier molecular flexibility index (Phi) is 5.77. The lowest BCUT2D eigenvalue weighted by Crippen LogP contribution is -2.52. The van der Waals surface area contributed by atoms with Crippen LogP contribution in [0.15, 0.2) is 24.3 Å². The Balaban J connectivity index is 1.78. The van der Waals surface area contributed by atoms with Gasteiger partial charge >= 0.3 is 6.18 Å². The van der Waals surface area contributed by atoms with Gasteiger partial charge in [-0.2, -0.15) is 18.4 Å². The fraction of sp³-hybridized carbons (Fsp3) is 0.409. The van der Waals surface area contributed by atoms with E-state index in [0.717, 1.165) is 11.6 Å². The molecule has 3 heterocycles. The molecule has 32 heavy (non-hydrogen) atoms. The molecule has 0 radical (unpaired) electrons. The molecule has 1 fully saturated rings. The monoisotopic (exact) mass is 464 g/mol. The second-order valence-corrected chi connectivity index (χ2v) is 8.35. The summed E-state index contributed by atoms with van der Waals surface area (Å²) >= 11 is 6.29. The number of alkyl halides is 3. The van der Waals surface area contributed by atoms with Gasteiger partial charge in [-0.25, -0.2) is 4.98 Å². The number of fused-ring (bicyclic) bond motifs is 1. The molecule has 2 aliphatic rings. The Morgan fingerprint density at radius 2 is 2.09 bits per heavy atom. The van der Waals surface area contributed by atoms with Crippen LogP contribution in [0.4, 0.5) is 24.7 Å². The minimum Gasteiger partial charge on any atom is -0.390 e. The average Bonchev–Trinajstić information content (AvgIpc) is 3.13. The van der Waals surface area contributed by atoms with Crippen molar-refractivity contribution < 1.29 is 23.1 Å². The van der Waals surface area contributed by atoms with E-state index < -0.39 is 35.4 Å². The first-order chi connectivity index (χ1) is 15.1. The van der Waals surface area contributed by atoms with E-state index in [4.69, 9.17) is 11.6 Å². The number of amides is 1. The minimum absolute atomic E-state index is 0.0639. The molecule has 1 saturated heterocycles. The summed E-state index contributed by atoms with van der Waals surface area (Å²) in [5.74, 6) is -0.697. The molecule has 1 amide bonds. The maximum Gasteiger partial charge on any atom is 0.417 e. The number of aliphatic hydroxyl groups is 1. The van der Waals surface area contributed by atoms with Crippen LogP contribution in [0.1, 0.15) is 35.2 Å². The number of aryl methyl sites for hydroxylation is 1. The van der Waals surface area contributed by atoms with Gasteiger partial charge in [0.2, 0.25) is 0 Å². The van der Waals surface area contributed by atoms with E-state index >= 15 is 0 Å². The number of aliphatic hydroxyl groups excluding tert-OH is 1. The number of nitriles is 1. The molecule has 2 aliphatic heterocycles. The molecule has 6 nitrogen and oxygen atoms in total. The predicted molar refractivity (Wildman–Crippen MR) is 113 cm³/mol. The third-order valence-electron chi connectivity index (χ3n) is 5.90. The molecule has 0 saturated carbocycles. The number of hydrogen-bond donors (Lipinski definition) is 1. The van der Waals surface area contributed by atoms with Gasteiger partial charge in [-0.15, -0.1) is 0 Å². The highest BCUT2D eigenvalue weighted by atomic mass is 35.5. The number of rotatable bonds is 2. The third-order valence-corrected chi connectivity index (χ3v) is 6.25. The highest BCUT2D eigenvalue weighted by molar-refractivity contribution is 6.32. The van der Waals surface area contributed by atoms with E-state index in [9.17, 15) is 28.3 Å². The Labute approximate surface area is 187 Å². The highest BCUT2D eigenvalue weighted by Crippen LogP contribution is 2.39. The molecule has 0 unspecified atom stereocenters. The largest absolute Gasteiger partial charge is 0.417 e. The van der Waals surface area contributed by atoms with E-state index in [2.05, 4.69) is 4.98 Å². The average molecular weight is 465 g/mol. The van der Waals surface area contributed by atoms with Crippen molar-refractivity contribution in [2.75, 3.05) is 22.9 Å². The van der Waals surface area contributed by atoms with Crippen LogP contribution in [0.25, 0.3) is 0 Å². The first-order valence-corrected chi connectivity index (χ1v) is 10.5. The first-order valence-electron chi connectivity index (χ1n) is 10.2. The van der Waals surface area contributed by atoms with Crippen LogP contribution in [-0.2, 0) is 17.4 Å². The van der Waals surface area contributed by atoms with E-state index in [1.807, 2.05) is 0 Å². The molecule has 1 aromatic carbocycles. The van der Waals surface area contributed by atoms with Crippen molar-refractivity contribution in [3.05, 3.63) is 51.7 Å². The van der Waals surface area contributed by atoms with Gasteiger partial charge in [-0.3, -0.25) is 4.79 Å². The zero-order valence-corrected chi connectivity index (χ0v) is 17.9. The van der Waals surface area contributed by atoms with E-state index in [1.54, 1.807) is 24.3 Å². The number of halogens is 4. The molecule has 10 heteroatoms. The van der Waals surface area contributed by atoms with Crippen LogP contribution in [0, 0.1) is 18.3 Å². The van der Waals surface area contributed by atoms with Gasteiger partial charge in [0.05, 0.1) is 11.7 Å². The standard InChI is InChI=1S/C22H20ClF3N4O2/c1-12-10-15(22(24,25)26)14(11-27)20(28-12)30-9-7-18(31)19(30)21(32)29-8-3-4-13-16(23)5-2-6-17(13)29/h2,5-6,10,18-19,31H,3-4,7-9H2,1H3/t18-,19+/m1/s1. The molecule has 1 aromatic heterocycles. The summed E-state index contributed by atoms with van der Waals surface area (Å²) in [4.78, 5) is 20.6. The summed E-state index contributed by atoms with van der Waals surface area (Å²) in [6, 6.07) is 6.47. The topological polar surface area (TPSA) is 80.5 Å². The zero-order valence-electron chi connectivity index (χ0n) is 17.2. The Morgan fingerprint density at radius 1 is 1.34 bits per heavy atom. The zero-order chi connectivity index (χ0) is 23.2. The SMILES string of the molecule is Cc1cc(C(F)(F)F)c(C#N)c(N2CC[C@@H](O)[C@H]2C(=O)N2CCCc3c(Cl)cccc32)n1. The number of nitrogens with zero attached hydrogens (tertiary/aromatic N) is 4. The van der Waals surface area contributed by atoms with Crippen LogP contribution in [0.2, 0.25) is 5.02 Å². The number of carbonyl (C=O) groups is 1. The predicted octanol–water partition coefficient (Wildman–Crippen LogP) is 3.85. The number of hydrogen-bond acceptors (Lipinski definition) is 5. The molecule has 4 rings (SSSR count). The summed E-state index contributed by atoms with van der Waals surface area (Å²) in [7, 11) is 0. The smallest absolute Gasteiger partial charge is 0.390 e. The number of pyridine rings is 1. The van der Waals surface area contributed by atoms with E-state index in [1.165, 1.54) is 16.7 Å². The van der Waals surface area contributed by atoms with Crippen molar-refractivity contribution in [1.29, 1.82) is 5.26 Å². The fourth-order valence-electron chi connectivity index (χ4n) is 4.48. The second-order valence-electron chi connectivity index (χ2n) is 7.94. The maximum absolute atomic E-state index is 13.6. The van der Waals surface area contributed by atoms with E-state index in [0.29, 0.717) is 30.1 Å². The Morgan fingerprint density at radius 3 is 2.78 bits per heavy atom. The van der Waals surface area contributed by atoms with E-state index in [-0.39, 0.29) is 24.5 Å². The van der Waals surface area contributed by atoms with Crippen molar-refractivity contribution in [2.24, 2.45) is 0 Å². The number of anilines is 2. The van der Waals surface area contributed by atoms with Gasteiger partial charge in [0.25, 0.3) is 5.91 Å². The molecule has 1 N–H and O–H groups in total. The van der Waals surface area contributed by atoms with Gasteiger partial charge in [-0.05, 0) is 49.9 Å². The molecular weight excluding hydrogens is 445 g/mol. The molecule has 168 valence electrons. The van der Waals surface area contributed by atoms with Crippen molar-refractivity contribution in [3.8, 4) is 6.07 Å². The van der Waals surface area contributed by atoms with Crippen molar-refractivity contribution in [2.45, 2.75) is 44.5 Å². The molecule has 0 bridgehead atoms. The van der Waals surface area contributed by atoms with Gasteiger partial charge < -0.3 is 14.9 Å².